The van der Waals surface area contributed by atoms with Crippen LogP contribution in [0.3, 0.4) is 0 Å². The van der Waals surface area contributed by atoms with Crippen molar-refractivity contribution in [1.29, 1.82) is 0 Å². The van der Waals surface area contributed by atoms with E-state index in [4.69, 9.17) is 6.42 Å². The van der Waals surface area contributed by atoms with Crippen LogP contribution in [-0.4, -0.2) is 18.8 Å². The molecule has 0 heterocycles. The number of unbranched alkanes of at least 4 members (excludes halogenated alkanes) is 6. The molecule has 0 fully saturated rings. The first-order valence-electron chi connectivity index (χ1n) is 6.13. The zero-order chi connectivity index (χ0) is 13.8. The number of rotatable bonds is 10. The van der Waals surface area contributed by atoms with Gasteiger partial charge in [0.1, 0.15) is 0 Å². The summed E-state index contributed by atoms with van der Waals surface area (Å²) in [5, 5.41) is 0. The van der Waals surface area contributed by atoms with Crippen LogP contribution in [0.15, 0.2) is 0 Å². The fraction of sp³-hybridized carbons (Fsp3) is 0.769. The molecule has 0 rings (SSSR count). The van der Waals surface area contributed by atoms with Crippen molar-refractivity contribution in [3.63, 3.8) is 0 Å². The quantitative estimate of drug-likeness (QED) is 0.340. The van der Waals surface area contributed by atoms with Crippen LogP contribution >= 0.6 is 0 Å². The zero-order valence-electron chi connectivity index (χ0n) is 10.3. The van der Waals surface area contributed by atoms with Gasteiger partial charge in [-0.15, -0.1) is 12.3 Å². The zero-order valence-corrected chi connectivity index (χ0v) is 10.3. The maximum absolute atomic E-state index is 12.3. The molecular weight excluding hydrogens is 245 g/mol. The van der Waals surface area contributed by atoms with E-state index < -0.39 is 18.8 Å². The summed E-state index contributed by atoms with van der Waals surface area (Å²) in [6.07, 6.45) is 5.14. The van der Waals surface area contributed by atoms with E-state index in [0.29, 0.717) is 6.42 Å². The summed E-state index contributed by atoms with van der Waals surface area (Å²) in [7, 11) is 0. The SMILES string of the molecule is C#CCCCCCCCCC(=O)OC(F)C(F)F. The van der Waals surface area contributed by atoms with E-state index in [9.17, 15) is 18.0 Å². The van der Waals surface area contributed by atoms with Gasteiger partial charge in [-0.3, -0.25) is 4.79 Å². The molecule has 0 spiro atoms. The van der Waals surface area contributed by atoms with Gasteiger partial charge in [0.15, 0.2) is 0 Å². The van der Waals surface area contributed by atoms with E-state index in [2.05, 4.69) is 10.7 Å². The summed E-state index contributed by atoms with van der Waals surface area (Å²) >= 11 is 0. The Morgan fingerprint density at radius 3 is 2.17 bits per heavy atom. The van der Waals surface area contributed by atoms with Gasteiger partial charge in [-0.05, 0) is 12.8 Å². The second-order valence-electron chi connectivity index (χ2n) is 4.00. The molecule has 0 aliphatic carbocycles. The lowest BCUT2D eigenvalue weighted by Gasteiger charge is -2.08. The lowest BCUT2D eigenvalue weighted by molar-refractivity contribution is -0.174. The summed E-state index contributed by atoms with van der Waals surface area (Å²) < 4.78 is 39.6. The summed E-state index contributed by atoms with van der Waals surface area (Å²) in [4.78, 5) is 10.9. The van der Waals surface area contributed by atoms with Crippen molar-refractivity contribution in [2.75, 3.05) is 0 Å². The first kappa shape index (κ1) is 16.8. The van der Waals surface area contributed by atoms with Gasteiger partial charge in [0.05, 0.1) is 0 Å². The van der Waals surface area contributed by atoms with Crippen LogP contribution < -0.4 is 0 Å². The Bertz CT molecular complexity index is 261. The molecule has 0 bridgehead atoms. The molecule has 1 unspecified atom stereocenters. The van der Waals surface area contributed by atoms with E-state index in [0.717, 1.165) is 38.5 Å². The van der Waals surface area contributed by atoms with Crippen molar-refractivity contribution < 1.29 is 22.7 Å². The molecule has 0 aliphatic heterocycles. The minimum atomic E-state index is -3.27. The minimum absolute atomic E-state index is 0.0164. The normalized spacial score (nSPS) is 12.2. The lowest BCUT2D eigenvalue weighted by atomic mass is 10.1. The van der Waals surface area contributed by atoms with Crippen LogP contribution in [0.2, 0.25) is 0 Å². The van der Waals surface area contributed by atoms with Crippen LogP contribution in [0.25, 0.3) is 0 Å². The van der Waals surface area contributed by atoms with Crippen molar-refractivity contribution >= 4 is 5.97 Å². The molecule has 0 aromatic heterocycles. The van der Waals surface area contributed by atoms with E-state index in [-0.39, 0.29) is 6.42 Å². The molecular formula is C13H19F3O2. The Labute approximate surface area is 106 Å². The van der Waals surface area contributed by atoms with Crippen molar-refractivity contribution in [1.82, 2.24) is 0 Å². The Kier molecular flexibility index (Phi) is 10.2. The van der Waals surface area contributed by atoms with Crippen LogP contribution in [-0.2, 0) is 9.53 Å². The predicted octanol–water partition coefficient (Wildman–Crippen LogP) is 3.84. The van der Waals surface area contributed by atoms with Gasteiger partial charge in [-0.25, -0.2) is 8.78 Å². The third kappa shape index (κ3) is 10.0. The van der Waals surface area contributed by atoms with Crippen molar-refractivity contribution in [2.45, 2.75) is 64.1 Å². The molecule has 0 saturated heterocycles. The molecule has 18 heavy (non-hydrogen) atoms. The average Bonchev–Trinajstić information content (AvgIpc) is 2.32. The first-order chi connectivity index (χ1) is 8.57. The van der Waals surface area contributed by atoms with E-state index in [1.165, 1.54) is 0 Å². The number of esters is 1. The maximum Gasteiger partial charge on any atom is 0.308 e. The number of halogens is 3. The highest BCUT2D eigenvalue weighted by molar-refractivity contribution is 5.69. The van der Waals surface area contributed by atoms with Gasteiger partial charge >= 0.3 is 18.8 Å². The average molecular weight is 264 g/mol. The minimum Gasteiger partial charge on any atom is -0.425 e. The molecule has 0 saturated carbocycles. The summed E-state index contributed by atoms with van der Waals surface area (Å²) in [6, 6.07) is 0. The van der Waals surface area contributed by atoms with Crippen LogP contribution in [0, 0.1) is 12.3 Å². The second kappa shape index (κ2) is 10.9. The second-order valence-corrected chi connectivity index (χ2v) is 4.00. The Hall–Kier alpha value is -1.18. The number of carbonyl (C=O) groups is 1. The largest absolute Gasteiger partial charge is 0.425 e. The molecule has 0 amide bonds. The Morgan fingerprint density at radius 2 is 1.61 bits per heavy atom. The summed E-state index contributed by atoms with van der Waals surface area (Å²) in [5.41, 5.74) is 0. The fourth-order valence-electron chi connectivity index (χ4n) is 1.44. The molecule has 5 heteroatoms. The smallest absolute Gasteiger partial charge is 0.308 e. The molecule has 0 aromatic carbocycles. The Morgan fingerprint density at radius 1 is 1.06 bits per heavy atom. The topological polar surface area (TPSA) is 26.3 Å². The third-order valence-corrected chi connectivity index (χ3v) is 2.39. The fourth-order valence-corrected chi connectivity index (χ4v) is 1.44. The van der Waals surface area contributed by atoms with Crippen LogP contribution in [0.1, 0.15) is 51.4 Å². The van der Waals surface area contributed by atoms with Crippen molar-refractivity contribution in [2.24, 2.45) is 0 Å². The Balaban J connectivity index is 3.33. The molecule has 0 N–H and O–H groups in total. The molecule has 0 aliphatic rings. The van der Waals surface area contributed by atoms with Crippen LogP contribution in [0.5, 0.6) is 0 Å². The van der Waals surface area contributed by atoms with Gasteiger partial charge in [-0.1, -0.05) is 25.7 Å². The highest BCUT2D eigenvalue weighted by atomic mass is 19.3. The third-order valence-electron chi connectivity index (χ3n) is 2.39. The van der Waals surface area contributed by atoms with Gasteiger partial charge in [-0.2, -0.15) is 4.39 Å². The summed E-state index contributed by atoms with van der Waals surface area (Å²) in [6.45, 7) is 0. The number of hydrogen-bond donors (Lipinski definition) is 0. The molecule has 0 aromatic rings. The number of alkyl halides is 3. The van der Waals surface area contributed by atoms with Crippen LogP contribution in [0.4, 0.5) is 13.2 Å². The number of hydrogen-bond acceptors (Lipinski definition) is 2. The van der Waals surface area contributed by atoms with Gasteiger partial charge in [0.25, 0.3) is 0 Å². The number of terminal acetylenes is 1. The standard InChI is InChI=1S/C13H19F3O2/c1-2-3-4-5-6-7-8-9-10-11(17)18-13(16)12(14)15/h1,12-13H,3-10H2. The highest BCUT2D eigenvalue weighted by Gasteiger charge is 2.22. The lowest BCUT2D eigenvalue weighted by Crippen LogP contribution is -2.20. The molecule has 0 radical (unpaired) electrons. The maximum atomic E-state index is 12.3. The van der Waals surface area contributed by atoms with E-state index >= 15 is 0 Å². The van der Waals surface area contributed by atoms with E-state index in [1.807, 2.05) is 0 Å². The van der Waals surface area contributed by atoms with Crippen molar-refractivity contribution in [3.05, 3.63) is 0 Å². The van der Waals surface area contributed by atoms with Gasteiger partial charge in [0, 0.05) is 12.8 Å². The van der Waals surface area contributed by atoms with E-state index in [1.54, 1.807) is 0 Å². The molecule has 2 nitrogen and oxygen atoms in total. The summed E-state index contributed by atoms with van der Waals surface area (Å²) in [5.74, 6) is 1.65. The molecule has 1 atom stereocenters. The highest BCUT2D eigenvalue weighted by Crippen LogP contribution is 2.11. The first-order valence-corrected chi connectivity index (χ1v) is 6.13. The van der Waals surface area contributed by atoms with Gasteiger partial charge in [0.2, 0.25) is 0 Å². The monoisotopic (exact) mass is 264 g/mol. The number of carbonyl (C=O) groups excluding carboxylic acids is 1. The molecule has 104 valence electrons. The van der Waals surface area contributed by atoms with Crippen molar-refractivity contribution in [3.8, 4) is 12.3 Å². The predicted molar refractivity (Wildman–Crippen MR) is 62.8 cm³/mol. The van der Waals surface area contributed by atoms with Gasteiger partial charge < -0.3 is 4.74 Å². The number of ether oxygens (including phenoxy) is 1.